The lowest BCUT2D eigenvalue weighted by molar-refractivity contribution is 0.190. The SMILES string of the molecule is CC(N)C(c1cc(Br)cs1)N(C)CC1CCCC1. The van der Waals surface area contributed by atoms with Gasteiger partial charge in [0.25, 0.3) is 0 Å². The van der Waals surface area contributed by atoms with Crippen LogP contribution < -0.4 is 5.73 Å². The Kier molecular flexibility index (Phi) is 5.24. The molecule has 0 bridgehead atoms. The van der Waals surface area contributed by atoms with E-state index in [2.05, 4.69) is 46.2 Å². The predicted molar refractivity (Wildman–Crippen MR) is 83.0 cm³/mol. The summed E-state index contributed by atoms with van der Waals surface area (Å²) in [6, 6.07) is 2.73. The van der Waals surface area contributed by atoms with Gasteiger partial charge in [0.2, 0.25) is 0 Å². The molecule has 1 aliphatic rings. The van der Waals surface area contributed by atoms with Crippen LogP contribution in [0.4, 0.5) is 0 Å². The quantitative estimate of drug-likeness (QED) is 0.883. The van der Waals surface area contributed by atoms with Crippen LogP contribution in [0, 0.1) is 5.92 Å². The van der Waals surface area contributed by atoms with E-state index in [1.54, 1.807) is 11.3 Å². The van der Waals surface area contributed by atoms with E-state index in [1.807, 2.05) is 0 Å². The Balaban J connectivity index is 2.04. The number of nitrogens with zero attached hydrogens (tertiary/aromatic N) is 1. The Labute approximate surface area is 123 Å². The zero-order valence-electron chi connectivity index (χ0n) is 11.2. The molecule has 0 saturated heterocycles. The fraction of sp³-hybridized carbons (Fsp3) is 0.714. The molecule has 0 amide bonds. The molecular formula is C14H23BrN2S. The van der Waals surface area contributed by atoms with E-state index in [1.165, 1.54) is 41.6 Å². The van der Waals surface area contributed by atoms with E-state index in [9.17, 15) is 0 Å². The average molecular weight is 331 g/mol. The molecule has 4 heteroatoms. The van der Waals surface area contributed by atoms with Crippen LogP contribution in [0.2, 0.25) is 0 Å². The first kappa shape index (κ1) is 14.5. The Bertz CT molecular complexity index is 372. The second-order valence-electron chi connectivity index (χ2n) is 5.56. The summed E-state index contributed by atoms with van der Waals surface area (Å²) in [5.41, 5.74) is 6.20. The molecular weight excluding hydrogens is 308 g/mol. The molecule has 1 saturated carbocycles. The molecule has 1 aromatic rings. The van der Waals surface area contributed by atoms with Gasteiger partial charge in [-0.15, -0.1) is 11.3 Å². The van der Waals surface area contributed by atoms with Crippen LogP contribution in [-0.2, 0) is 0 Å². The van der Waals surface area contributed by atoms with Crippen LogP contribution in [0.25, 0.3) is 0 Å². The lowest BCUT2D eigenvalue weighted by Crippen LogP contribution is -2.38. The van der Waals surface area contributed by atoms with Gasteiger partial charge in [-0.3, -0.25) is 4.90 Å². The molecule has 0 aromatic carbocycles. The van der Waals surface area contributed by atoms with Gasteiger partial charge in [0.15, 0.2) is 0 Å². The summed E-state index contributed by atoms with van der Waals surface area (Å²) in [6.07, 6.45) is 5.60. The van der Waals surface area contributed by atoms with Crippen molar-refractivity contribution in [2.24, 2.45) is 11.7 Å². The number of nitrogens with two attached hydrogens (primary N) is 1. The van der Waals surface area contributed by atoms with Gasteiger partial charge in [-0.1, -0.05) is 12.8 Å². The van der Waals surface area contributed by atoms with E-state index in [4.69, 9.17) is 5.73 Å². The molecule has 2 unspecified atom stereocenters. The normalized spacial score (nSPS) is 20.5. The van der Waals surface area contributed by atoms with E-state index in [0.29, 0.717) is 6.04 Å². The molecule has 1 fully saturated rings. The lowest BCUT2D eigenvalue weighted by atomic mass is 10.0. The highest BCUT2D eigenvalue weighted by Crippen LogP contribution is 2.33. The number of halogens is 1. The first-order valence-electron chi connectivity index (χ1n) is 6.77. The summed E-state index contributed by atoms with van der Waals surface area (Å²) in [6.45, 7) is 3.30. The van der Waals surface area contributed by atoms with Crippen molar-refractivity contribution in [3.8, 4) is 0 Å². The van der Waals surface area contributed by atoms with Gasteiger partial charge < -0.3 is 5.73 Å². The van der Waals surface area contributed by atoms with Gasteiger partial charge in [-0.25, -0.2) is 0 Å². The van der Waals surface area contributed by atoms with Crippen molar-refractivity contribution >= 4 is 27.3 Å². The molecule has 0 spiro atoms. The van der Waals surface area contributed by atoms with Crippen molar-refractivity contribution in [2.75, 3.05) is 13.6 Å². The van der Waals surface area contributed by atoms with Crippen molar-refractivity contribution < 1.29 is 0 Å². The van der Waals surface area contributed by atoms with Crippen LogP contribution >= 0.6 is 27.3 Å². The Morgan fingerprint density at radius 3 is 2.67 bits per heavy atom. The standard InChI is InChI=1S/C14H23BrN2S/c1-10(16)14(13-7-12(15)9-18-13)17(2)8-11-5-3-4-6-11/h7,9-11,14H,3-6,8,16H2,1-2H3. The second kappa shape index (κ2) is 6.51. The third-order valence-corrected chi connectivity index (χ3v) is 5.64. The molecule has 0 radical (unpaired) electrons. The van der Waals surface area contributed by atoms with Crippen molar-refractivity contribution in [2.45, 2.75) is 44.7 Å². The molecule has 2 atom stereocenters. The van der Waals surface area contributed by atoms with E-state index in [-0.39, 0.29) is 6.04 Å². The summed E-state index contributed by atoms with van der Waals surface area (Å²) < 4.78 is 1.17. The fourth-order valence-corrected chi connectivity index (χ4v) is 4.80. The summed E-state index contributed by atoms with van der Waals surface area (Å²) in [4.78, 5) is 3.83. The fourth-order valence-electron chi connectivity index (χ4n) is 3.07. The number of hydrogen-bond acceptors (Lipinski definition) is 3. The van der Waals surface area contributed by atoms with Crippen molar-refractivity contribution in [3.05, 3.63) is 20.8 Å². The second-order valence-corrected chi connectivity index (χ2v) is 7.42. The van der Waals surface area contributed by atoms with E-state index < -0.39 is 0 Å². The van der Waals surface area contributed by atoms with Gasteiger partial charge in [0.05, 0.1) is 6.04 Å². The maximum atomic E-state index is 6.20. The molecule has 18 heavy (non-hydrogen) atoms. The number of likely N-dealkylation sites (N-methyl/N-ethyl adjacent to an activating group) is 1. The molecule has 2 N–H and O–H groups in total. The lowest BCUT2D eigenvalue weighted by Gasteiger charge is -2.32. The predicted octanol–water partition coefficient (Wildman–Crippen LogP) is 4.02. The van der Waals surface area contributed by atoms with Gasteiger partial charge in [-0.2, -0.15) is 0 Å². The number of thiophene rings is 1. The monoisotopic (exact) mass is 330 g/mol. The summed E-state index contributed by atoms with van der Waals surface area (Å²) in [5.74, 6) is 0.875. The third-order valence-electron chi connectivity index (χ3n) is 3.87. The molecule has 102 valence electrons. The number of hydrogen-bond donors (Lipinski definition) is 1. The minimum Gasteiger partial charge on any atom is -0.326 e. The average Bonchev–Trinajstić information content (AvgIpc) is 2.90. The van der Waals surface area contributed by atoms with Crippen molar-refractivity contribution in [1.82, 2.24) is 4.90 Å². The molecule has 0 aliphatic heterocycles. The topological polar surface area (TPSA) is 29.3 Å². The third kappa shape index (κ3) is 3.56. The first-order valence-corrected chi connectivity index (χ1v) is 8.45. The zero-order valence-corrected chi connectivity index (χ0v) is 13.6. The maximum Gasteiger partial charge on any atom is 0.0588 e. The van der Waals surface area contributed by atoms with Gasteiger partial charge in [0.1, 0.15) is 0 Å². The Morgan fingerprint density at radius 2 is 2.17 bits per heavy atom. The highest BCUT2D eigenvalue weighted by atomic mass is 79.9. The highest BCUT2D eigenvalue weighted by molar-refractivity contribution is 9.10. The molecule has 1 heterocycles. The molecule has 2 rings (SSSR count). The Morgan fingerprint density at radius 1 is 1.50 bits per heavy atom. The minimum atomic E-state index is 0.168. The van der Waals surface area contributed by atoms with E-state index in [0.717, 1.165) is 5.92 Å². The molecule has 1 aliphatic carbocycles. The maximum absolute atomic E-state index is 6.20. The van der Waals surface area contributed by atoms with Gasteiger partial charge >= 0.3 is 0 Å². The van der Waals surface area contributed by atoms with E-state index >= 15 is 0 Å². The van der Waals surface area contributed by atoms with Gasteiger partial charge in [0, 0.05) is 27.3 Å². The van der Waals surface area contributed by atoms with Gasteiger partial charge in [-0.05, 0) is 54.7 Å². The molecule has 2 nitrogen and oxygen atoms in total. The largest absolute Gasteiger partial charge is 0.326 e. The van der Waals surface area contributed by atoms with Crippen LogP contribution in [0.3, 0.4) is 0 Å². The van der Waals surface area contributed by atoms with Crippen LogP contribution in [-0.4, -0.2) is 24.5 Å². The van der Waals surface area contributed by atoms with Crippen LogP contribution in [0.5, 0.6) is 0 Å². The Hall–Kier alpha value is 0.1000. The van der Waals surface area contributed by atoms with Crippen LogP contribution in [0.15, 0.2) is 15.9 Å². The highest BCUT2D eigenvalue weighted by Gasteiger charge is 2.26. The van der Waals surface area contributed by atoms with Crippen LogP contribution in [0.1, 0.15) is 43.5 Å². The smallest absolute Gasteiger partial charge is 0.0588 e. The van der Waals surface area contributed by atoms with Crippen molar-refractivity contribution in [3.63, 3.8) is 0 Å². The molecule has 1 aromatic heterocycles. The number of rotatable bonds is 5. The summed E-state index contributed by atoms with van der Waals surface area (Å²) >= 11 is 5.34. The zero-order chi connectivity index (χ0) is 13.1. The minimum absolute atomic E-state index is 0.168. The summed E-state index contributed by atoms with van der Waals surface area (Å²) in [7, 11) is 2.22. The summed E-state index contributed by atoms with van der Waals surface area (Å²) in [5, 5.41) is 2.15. The van der Waals surface area contributed by atoms with Crippen molar-refractivity contribution in [1.29, 1.82) is 0 Å². The first-order chi connectivity index (χ1) is 8.58.